The Labute approximate surface area is 167 Å². The van der Waals surface area contributed by atoms with Gasteiger partial charge in [-0.1, -0.05) is 41.9 Å². The molecule has 0 atom stereocenters. The molecule has 0 radical (unpaired) electrons. The number of halogens is 1. The van der Waals surface area contributed by atoms with E-state index in [4.69, 9.17) is 11.6 Å². The second kappa shape index (κ2) is 9.35. The summed E-state index contributed by atoms with van der Waals surface area (Å²) in [5, 5.41) is 8.40. The highest BCUT2D eigenvalue weighted by atomic mass is 35.5. The molecule has 1 heterocycles. The summed E-state index contributed by atoms with van der Waals surface area (Å²) in [5.41, 5.74) is 2.50. The van der Waals surface area contributed by atoms with Crippen molar-refractivity contribution in [1.29, 1.82) is 0 Å². The van der Waals surface area contributed by atoms with E-state index >= 15 is 0 Å². The van der Waals surface area contributed by atoms with Gasteiger partial charge >= 0.3 is 0 Å². The Hall–Kier alpha value is -2.63. The van der Waals surface area contributed by atoms with Crippen molar-refractivity contribution in [2.45, 2.75) is 19.4 Å². The lowest BCUT2D eigenvalue weighted by atomic mass is 10.1. The molecule has 2 N–H and O–H groups in total. The van der Waals surface area contributed by atoms with Crippen LogP contribution in [0.15, 0.2) is 66.0 Å². The molecule has 1 aromatic heterocycles. The molecule has 3 aromatic rings. The number of carbonyl (C=O) groups is 2. The van der Waals surface area contributed by atoms with E-state index in [-0.39, 0.29) is 18.2 Å². The van der Waals surface area contributed by atoms with Crippen LogP contribution in [0.1, 0.15) is 16.0 Å². The smallest absolute Gasteiger partial charge is 0.228 e. The average Bonchev–Trinajstić information content (AvgIpc) is 3.17. The number of hydrogen-bond donors (Lipinski definition) is 2. The van der Waals surface area contributed by atoms with Gasteiger partial charge in [-0.05, 0) is 46.8 Å². The Morgan fingerprint density at radius 2 is 1.48 bits per heavy atom. The first kappa shape index (κ1) is 19.1. The van der Waals surface area contributed by atoms with Crippen molar-refractivity contribution in [3.05, 3.63) is 87.1 Å². The zero-order valence-electron chi connectivity index (χ0n) is 14.6. The van der Waals surface area contributed by atoms with Crippen LogP contribution in [0.4, 0.5) is 5.69 Å². The maximum atomic E-state index is 12.1. The Bertz CT molecular complexity index is 891. The summed E-state index contributed by atoms with van der Waals surface area (Å²) in [7, 11) is 0. The average molecular weight is 399 g/mol. The molecule has 0 aliphatic heterocycles. The van der Waals surface area contributed by atoms with Crippen LogP contribution in [0.5, 0.6) is 0 Å². The minimum atomic E-state index is -0.0984. The van der Waals surface area contributed by atoms with E-state index in [2.05, 4.69) is 10.6 Å². The first-order valence-electron chi connectivity index (χ1n) is 8.51. The number of thiophene rings is 1. The fourth-order valence-corrected chi connectivity index (χ4v) is 3.32. The molecule has 0 saturated heterocycles. The zero-order valence-corrected chi connectivity index (χ0v) is 16.1. The minimum Gasteiger partial charge on any atom is -0.351 e. The van der Waals surface area contributed by atoms with E-state index < -0.39 is 0 Å². The topological polar surface area (TPSA) is 58.2 Å². The monoisotopic (exact) mass is 398 g/mol. The molecule has 0 spiro atoms. The van der Waals surface area contributed by atoms with Crippen LogP contribution in [0.25, 0.3) is 0 Å². The van der Waals surface area contributed by atoms with Crippen LogP contribution < -0.4 is 10.6 Å². The second-order valence-electron chi connectivity index (χ2n) is 6.08. The van der Waals surface area contributed by atoms with Crippen molar-refractivity contribution < 1.29 is 9.59 Å². The third-order valence-corrected chi connectivity index (χ3v) is 5.05. The van der Waals surface area contributed by atoms with Gasteiger partial charge in [-0.15, -0.1) is 11.3 Å². The molecule has 6 heteroatoms. The highest BCUT2D eigenvalue weighted by molar-refractivity contribution is 7.09. The van der Waals surface area contributed by atoms with E-state index in [0.29, 0.717) is 23.7 Å². The molecule has 0 fully saturated rings. The first-order valence-corrected chi connectivity index (χ1v) is 9.76. The van der Waals surface area contributed by atoms with Gasteiger partial charge in [0.1, 0.15) is 0 Å². The van der Waals surface area contributed by atoms with Crippen molar-refractivity contribution in [3.8, 4) is 0 Å². The third-order valence-electron chi connectivity index (χ3n) is 3.92. The number of amides is 2. The molecule has 0 unspecified atom stereocenters. The van der Waals surface area contributed by atoms with Crippen molar-refractivity contribution in [3.63, 3.8) is 0 Å². The number of benzene rings is 2. The number of hydrogen-bond acceptors (Lipinski definition) is 3. The van der Waals surface area contributed by atoms with E-state index in [9.17, 15) is 9.59 Å². The van der Waals surface area contributed by atoms with Crippen LogP contribution in [0, 0.1) is 0 Å². The maximum absolute atomic E-state index is 12.1. The predicted molar refractivity (Wildman–Crippen MR) is 110 cm³/mol. The van der Waals surface area contributed by atoms with Gasteiger partial charge in [0.25, 0.3) is 0 Å². The van der Waals surface area contributed by atoms with Gasteiger partial charge in [0.2, 0.25) is 11.8 Å². The Balaban J connectivity index is 1.47. The minimum absolute atomic E-state index is 0.0251. The number of anilines is 1. The fourth-order valence-electron chi connectivity index (χ4n) is 2.55. The molecule has 0 aliphatic rings. The quantitative estimate of drug-likeness (QED) is 0.618. The molecule has 3 rings (SSSR count). The summed E-state index contributed by atoms with van der Waals surface area (Å²) in [4.78, 5) is 25.3. The highest BCUT2D eigenvalue weighted by Gasteiger charge is 2.06. The lowest BCUT2D eigenvalue weighted by molar-refractivity contribution is -0.120. The van der Waals surface area contributed by atoms with E-state index in [1.807, 2.05) is 53.9 Å². The predicted octanol–water partition coefficient (Wildman–Crippen LogP) is 4.44. The largest absolute Gasteiger partial charge is 0.351 e. The molecule has 2 aromatic carbocycles. The molecule has 0 aliphatic carbocycles. The Kier molecular flexibility index (Phi) is 6.63. The molecule has 27 heavy (non-hydrogen) atoms. The second-order valence-corrected chi connectivity index (χ2v) is 7.55. The molecule has 138 valence electrons. The lowest BCUT2D eigenvalue weighted by Crippen LogP contribution is -2.24. The molecular formula is C21H19ClN2O2S. The summed E-state index contributed by atoms with van der Waals surface area (Å²) >= 11 is 7.46. The van der Waals surface area contributed by atoms with Gasteiger partial charge in [-0.25, -0.2) is 0 Å². The Morgan fingerprint density at radius 3 is 2.11 bits per heavy atom. The lowest BCUT2D eigenvalue weighted by Gasteiger charge is -2.07. The van der Waals surface area contributed by atoms with Crippen LogP contribution >= 0.6 is 22.9 Å². The molecule has 0 saturated carbocycles. The van der Waals surface area contributed by atoms with Crippen LogP contribution in [-0.4, -0.2) is 11.8 Å². The zero-order chi connectivity index (χ0) is 19.1. The van der Waals surface area contributed by atoms with Crippen molar-refractivity contribution >= 4 is 40.4 Å². The van der Waals surface area contributed by atoms with E-state index in [1.165, 1.54) is 0 Å². The van der Waals surface area contributed by atoms with Gasteiger partial charge in [-0.2, -0.15) is 0 Å². The standard InChI is InChI=1S/C21H19ClN2O2S/c22-17-7-3-15(4-8-17)13-21(26)24-18-9-5-16(6-10-18)12-20(25)23-14-19-2-1-11-27-19/h1-11H,12-14H2,(H,23,25)(H,24,26). The van der Waals surface area contributed by atoms with Crippen LogP contribution in [0.2, 0.25) is 5.02 Å². The van der Waals surface area contributed by atoms with Crippen molar-refractivity contribution in [2.24, 2.45) is 0 Å². The van der Waals surface area contributed by atoms with Gasteiger partial charge < -0.3 is 10.6 Å². The van der Waals surface area contributed by atoms with Crippen molar-refractivity contribution in [2.75, 3.05) is 5.32 Å². The summed E-state index contributed by atoms with van der Waals surface area (Å²) in [6.45, 7) is 0.551. The number of rotatable bonds is 7. The highest BCUT2D eigenvalue weighted by Crippen LogP contribution is 2.13. The van der Waals surface area contributed by atoms with Crippen molar-refractivity contribution in [1.82, 2.24) is 5.32 Å². The molecule has 0 bridgehead atoms. The summed E-state index contributed by atoms with van der Waals surface area (Å²) in [6.07, 6.45) is 0.592. The van der Waals surface area contributed by atoms with Gasteiger partial charge in [0.05, 0.1) is 19.4 Å². The number of carbonyl (C=O) groups excluding carboxylic acids is 2. The van der Waals surface area contributed by atoms with Crippen LogP contribution in [-0.2, 0) is 29.0 Å². The van der Waals surface area contributed by atoms with E-state index in [1.54, 1.807) is 23.5 Å². The maximum Gasteiger partial charge on any atom is 0.228 e. The SMILES string of the molecule is O=C(Cc1ccc(NC(=O)Cc2ccc(Cl)cc2)cc1)NCc1cccs1. The fraction of sp³-hybridized carbons (Fsp3) is 0.143. The van der Waals surface area contributed by atoms with Gasteiger partial charge in [0, 0.05) is 15.6 Å². The summed E-state index contributed by atoms with van der Waals surface area (Å²) in [5.74, 6) is -0.123. The van der Waals surface area contributed by atoms with E-state index in [0.717, 1.165) is 16.0 Å². The molecule has 4 nitrogen and oxygen atoms in total. The summed E-state index contributed by atoms with van der Waals surface area (Å²) < 4.78 is 0. The van der Waals surface area contributed by atoms with Crippen LogP contribution in [0.3, 0.4) is 0 Å². The third kappa shape index (κ3) is 6.24. The number of nitrogens with one attached hydrogen (secondary N) is 2. The molecule has 2 amide bonds. The normalized spacial score (nSPS) is 10.4. The van der Waals surface area contributed by atoms with Gasteiger partial charge in [-0.3, -0.25) is 9.59 Å². The Morgan fingerprint density at radius 1 is 0.852 bits per heavy atom. The van der Waals surface area contributed by atoms with Gasteiger partial charge in [0.15, 0.2) is 0 Å². The summed E-state index contributed by atoms with van der Waals surface area (Å²) in [6, 6.07) is 18.5. The molecular weight excluding hydrogens is 380 g/mol. The first-order chi connectivity index (χ1) is 13.1.